The summed E-state index contributed by atoms with van der Waals surface area (Å²) in [4.78, 5) is 15.0. The summed E-state index contributed by atoms with van der Waals surface area (Å²) in [7, 11) is -5.00. The van der Waals surface area contributed by atoms with E-state index in [1.165, 1.54) is 0 Å². The number of piperidine rings is 1. The van der Waals surface area contributed by atoms with Gasteiger partial charge in [-0.05, 0) is 19.8 Å². The maximum absolute atomic E-state index is 12.6. The van der Waals surface area contributed by atoms with Crippen LogP contribution in [0.15, 0.2) is 11.5 Å². The number of hydrazine groups is 1. The van der Waals surface area contributed by atoms with Crippen molar-refractivity contribution >= 4 is 16.3 Å². The molecule has 1 saturated heterocycles. The monoisotopic (exact) mass is 291 g/mol. The van der Waals surface area contributed by atoms with Crippen molar-refractivity contribution in [2.24, 2.45) is 0 Å². The summed E-state index contributed by atoms with van der Waals surface area (Å²) in [6, 6.07) is -0.484. The van der Waals surface area contributed by atoms with Gasteiger partial charge in [0, 0.05) is 12.6 Å². The summed E-state index contributed by atoms with van der Waals surface area (Å²) in [5.74, 6) is 0. The first-order valence-corrected chi connectivity index (χ1v) is 7.20. The summed E-state index contributed by atoms with van der Waals surface area (Å²) >= 11 is 0. The van der Waals surface area contributed by atoms with Gasteiger partial charge in [0.05, 0.1) is 0 Å². The van der Waals surface area contributed by atoms with E-state index in [4.69, 9.17) is 0 Å². The van der Waals surface area contributed by atoms with Crippen LogP contribution in [0.2, 0.25) is 0 Å². The van der Waals surface area contributed by atoms with Crippen LogP contribution in [-0.2, 0) is 10.2 Å². The number of carbonyl (C=O) groups is 1. The Hall–Kier alpha value is -1.55. The van der Waals surface area contributed by atoms with Crippen molar-refractivity contribution in [1.29, 1.82) is 0 Å². The Balaban J connectivity index is 2.06. The molecule has 0 bridgehead atoms. The van der Waals surface area contributed by atoms with Crippen LogP contribution in [-0.4, -0.2) is 46.8 Å². The zero-order valence-electron chi connectivity index (χ0n) is 10.3. The van der Waals surface area contributed by atoms with Crippen LogP contribution in [0.25, 0.3) is 0 Å². The lowest BCUT2D eigenvalue weighted by Crippen LogP contribution is -2.51. The summed E-state index contributed by atoms with van der Waals surface area (Å²) in [6.07, 6.45) is 3.88. The molecular weight excluding hydrogens is 277 g/mol. The standard InChI is InChI=1S/C9H14FN5O3S/c1-7-4-2-3-5-14(7)13-9(16)15-6-11-8(12-15)19(10,17)18/h6-7H,2-5H2,1H3,(H,13,16). The highest BCUT2D eigenvalue weighted by Crippen LogP contribution is 2.14. The normalized spacial score (nSPS) is 21.3. The van der Waals surface area contributed by atoms with Crippen LogP contribution >= 0.6 is 0 Å². The molecule has 1 aliphatic rings. The number of amides is 1. The molecular formula is C9H14FN5O3S. The second-order valence-electron chi connectivity index (χ2n) is 4.36. The van der Waals surface area contributed by atoms with E-state index >= 15 is 0 Å². The lowest BCUT2D eigenvalue weighted by Gasteiger charge is -2.32. The molecule has 2 heterocycles. The number of hydrogen-bond donors (Lipinski definition) is 1. The van der Waals surface area contributed by atoms with E-state index in [9.17, 15) is 17.1 Å². The molecule has 1 N–H and O–H groups in total. The molecule has 1 atom stereocenters. The Labute approximate surface area is 109 Å². The Morgan fingerprint density at radius 3 is 2.84 bits per heavy atom. The number of halogens is 1. The fourth-order valence-corrected chi connectivity index (χ4v) is 2.25. The number of rotatable bonds is 2. The quantitative estimate of drug-likeness (QED) is 0.786. The summed E-state index contributed by atoms with van der Waals surface area (Å²) < 4.78 is 34.4. The molecule has 10 heteroatoms. The minimum absolute atomic E-state index is 0.186. The van der Waals surface area contributed by atoms with Gasteiger partial charge >= 0.3 is 16.3 Å². The zero-order chi connectivity index (χ0) is 14.0. The van der Waals surface area contributed by atoms with Crippen molar-refractivity contribution in [3.8, 4) is 0 Å². The Morgan fingerprint density at radius 1 is 1.53 bits per heavy atom. The molecule has 2 rings (SSSR count). The molecule has 1 aromatic rings. The molecule has 19 heavy (non-hydrogen) atoms. The highest BCUT2D eigenvalue weighted by atomic mass is 32.3. The van der Waals surface area contributed by atoms with Gasteiger partial charge in [-0.3, -0.25) is 5.43 Å². The van der Waals surface area contributed by atoms with Crippen LogP contribution in [0.3, 0.4) is 0 Å². The molecule has 1 aromatic heterocycles. The van der Waals surface area contributed by atoms with Crippen molar-refractivity contribution in [2.45, 2.75) is 37.4 Å². The van der Waals surface area contributed by atoms with Crippen molar-refractivity contribution in [1.82, 2.24) is 25.2 Å². The molecule has 1 unspecified atom stereocenters. The van der Waals surface area contributed by atoms with E-state index in [1.54, 1.807) is 5.01 Å². The number of hydrogen-bond acceptors (Lipinski definition) is 6. The van der Waals surface area contributed by atoms with Gasteiger partial charge in [-0.1, -0.05) is 10.3 Å². The molecule has 106 valence electrons. The smallest absolute Gasteiger partial charge is 0.268 e. The first-order chi connectivity index (χ1) is 8.88. The number of nitrogens with one attached hydrogen (secondary N) is 1. The SMILES string of the molecule is CC1CCCCN1NC(=O)n1cnc(S(=O)(=O)F)n1. The van der Waals surface area contributed by atoms with Gasteiger partial charge in [-0.15, -0.1) is 5.10 Å². The van der Waals surface area contributed by atoms with Crippen LogP contribution in [0.5, 0.6) is 0 Å². The Bertz CT molecular complexity index is 572. The van der Waals surface area contributed by atoms with Gasteiger partial charge in [0.25, 0.3) is 5.16 Å². The van der Waals surface area contributed by atoms with Crippen molar-refractivity contribution in [2.75, 3.05) is 6.54 Å². The molecule has 0 saturated carbocycles. The lowest BCUT2D eigenvalue weighted by molar-refractivity contribution is 0.106. The van der Waals surface area contributed by atoms with Crippen LogP contribution in [0, 0.1) is 0 Å². The third-order valence-corrected chi connectivity index (χ3v) is 3.56. The van der Waals surface area contributed by atoms with E-state index in [2.05, 4.69) is 15.5 Å². The van der Waals surface area contributed by atoms with Gasteiger partial charge in [-0.2, -0.15) is 13.1 Å². The van der Waals surface area contributed by atoms with Crippen molar-refractivity contribution < 1.29 is 17.1 Å². The predicted molar refractivity (Wildman–Crippen MR) is 62.3 cm³/mol. The lowest BCUT2D eigenvalue weighted by atomic mass is 10.1. The fourth-order valence-electron chi connectivity index (χ4n) is 1.90. The third-order valence-electron chi connectivity index (χ3n) is 2.94. The van der Waals surface area contributed by atoms with Crippen LogP contribution in [0.4, 0.5) is 8.68 Å². The Morgan fingerprint density at radius 2 is 2.26 bits per heavy atom. The average molecular weight is 291 g/mol. The molecule has 0 spiro atoms. The maximum Gasteiger partial charge on any atom is 0.369 e. The van der Waals surface area contributed by atoms with Crippen LogP contribution < -0.4 is 5.43 Å². The minimum atomic E-state index is -5.00. The van der Waals surface area contributed by atoms with Gasteiger partial charge in [0.2, 0.25) is 0 Å². The largest absolute Gasteiger partial charge is 0.369 e. The van der Waals surface area contributed by atoms with Crippen molar-refractivity contribution in [3.05, 3.63) is 6.33 Å². The molecule has 1 amide bonds. The molecule has 1 fully saturated rings. The summed E-state index contributed by atoms with van der Waals surface area (Å²) in [6.45, 7) is 2.67. The molecule has 8 nitrogen and oxygen atoms in total. The van der Waals surface area contributed by atoms with Gasteiger partial charge < -0.3 is 0 Å². The van der Waals surface area contributed by atoms with Gasteiger partial charge in [-0.25, -0.2) is 14.8 Å². The van der Waals surface area contributed by atoms with E-state index in [-0.39, 0.29) is 6.04 Å². The second-order valence-corrected chi connectivity index (χ2v) is 5.61. The molecule has 0 aliphatic carbocycles. The topological polar surface area (TPSA) is 97.2 Å². The third kappa shape index (κ3) is 3.26. The maximum atomic E-state index is 12.6. The summed E-state index contributed by atoms with van der Waals surface area (Å²) in [5.41, 5.74) is 2.59. The highest BCUT2D eigenvalue weighted by Gasteiger charge is 2.23. The van der Waals surface area contributed by atoms with E-state index in [0.29, 0.717) is 11.2 Å². The average Bonchev–Trinajstić information content (AvgIpc) is 2.81. The van der Waals surface area contributed by atoms with E-state index < -0.39 is 21.4 Å². The number of nitrogens with zero attached hydrogens (tertiary/aromatic N) is 4. The van der Waals surface area contributed by atoms with Gasteiger partial charge in [0.15, 0.2) is 0 Å². The first kappa shape index (κ1) is 13.9. The second kappa shape index (κ2) is 5.21. The van der Waals surface area contributed by atoms with E-state index in [1.807, 2.05) is 6.92 Å². The molecule has 1 aliphatic heterocycles. The van der Waals surface area contributed by atoms with Crippen molar-refractivity contribution in [3.63, 3.8) is 0 Å². The van der Waals surface area contributed by atoms with E-state index in [0.717, 1.165) is 25.6 Å². The minimum Gasteiger partial charge on any atom is -0.268 e. The van der Waals surface area contributed by atoms with Crippen LogP contribution in [0.1, 0.15) is 26.2 Å². The fraction of sp³-hybridized carbons (Fsp3) is 0.667. The highest BCUT2D eigenvalue weighted by molar-refractivity contribution is 7.86. The molecule has 0 aromatic carbocycles. The summed E-state index contributed by atoms with van der Waals surface area (Å²) in [5, 5.41) is 4.00. The molecule has 0 radical (unpaired) electrons. The zero-order valence-corrected chi connectivity index (χ0v) is 11.1. The first-order valence-electron chi connectivity index (χ1n) is 5.82. The number of aromatic nitrogens is 3. The van der Waals surface area contributed by atoms with Gasteiger partial charge in [0.1, 0.15) is 6.33 Å². The Kier molecular flexibility index (Phi) is 3.80. The number of carbonyl (C=O) groups excluding carboxylic acids is 1. The predicted octanol–water partition coefficient (Wildman–Crippen LogP) is 0.283.